The summed E-state index contributed by atoms with van der Waals surface area (Å²) in [5, 5.41) is 0. The van der Waals surface area contributed by atoms with Crippen molar-refractivity contribution in [2.45, 2.75) is 31.4 Å². The first-order chi connectivity index (χ1) is 7.28. The summed E-state index contributed by atoms with van der Waals surface area (Å²) < 4.78 is 0.847. The zero-order valence-electron chi connectivity index (χ0n) is 9.60. The molecule has 3 atom stereocenters. The van der Waals surface area contributed by atoms with Gasteiger partial charge in [-0.3, -0.25) is 0 Å². The molecule has 0 radical (unpaired) electrons. The number of nitrogens with zero attached hydrogens (tertiary/aromatic N) is 1. The molecule has 3 unspecified atom stereocenters. The van der Waals surface area contributed by atoms with Crippen molar-refractivity contribution in [3.63, 3.8) is 0 Å². The molecular weight excluding hydrogens is 313 g/mol. The molecule has 0 N–H and O–H groups in total. The molecular formula is C13H18INO. The third kappa shape index (κ3) is 2.00. The topological polar surface area (TPSA) is 9.23 Å². The Bertz CT molecular complexity index is 356. The van der Waals surface area contributed by atoms with E-state index in [0.29, 0.717) is 6.10 Å². The van der Waals surface area contributed by atoms with Crippen LogP contribution in [0, 0.1) is 0 Å². The Morgan fingerprint density at radius 1 is 1.25 bits per heavy atom. The molecule has 88 valence electrons. The Morgan fingerprint density at radius 2 is 2.00 bits per heavy atom. The number of benzene rings is 1. The van der Waals surface area contributed by atoms with E-state index in [0.717, 1.165) is 10.7 Å². The van der Waals surface area contributed by atoms with E-state index in [1.165, 1.54) is 31.4 Å². The van der Waals surface area contributed by atoms with Gasteiger partial charge in [0.05, 0.1) is 7.05 Å². The molecule has 2 nitrogen and oxygen atoms in total. The van der Waals surface area contributed by atoms with E-state index < -0.39 is 0 Å². The summed E-state index contributed by atoms with van der Waals surface area (Å²) in [4.78, 5) is 6.20. The summed E-state index contributed by atoms with van der Waals surface area (Å²) in [5.74, 6) is 0. The minimum atomic E-state index is 0. The summed E-state index contributed by atoms with van der Waals surface area (Å²) in [6, 6.07) is 11.4. The number of halogens is 1. The van der Waals surface area contributed by atoms with Crippen molar-refractivity contribution in [1.29, 1.82) is 0 Å². The van der Waals surface area contributed by atoms with Crippen molar-refractivity contribution in [2.24, 2.45) is 0 Å². The lowest BCUT2D eigenvalue weighted by molar-refractivity contribution is -1.09. The summed E-state index contributed by atoms with van der Waals surface area (Å²) >= 11 is 0. The van der Waals surface area contributed by atoms with Crippen molar-refractivity contribution in [3.8, 4) is 0 Å². The van der Waals surface area contributed by atoms with Crippen LogP contribution < -0.4 is 24.0 Å². The fourth-order valence-electron chi connectivity index (χ4n) is 3.02. The first kappa shape index (κ1) is 12.3. The molecule has 2 aliphatic rings. The van der Waals surface area contributed by atoms with Gasteiger partial charge in [-0.05, 0) is 5.56 Å². The van der Waals surface area contributed by atoms with Gasteiger partial charge in [0.15, 0.2) is 0 Å². The molecule has 2 aliphatic heterocycles. The molecule has 2 saturated heterocycles. The van der Waals surface area contributed by atoms with E-state index in [2.05, 4.69) is 37.4 Å². The Balaban J connectivity index is 0.000000963. The predicted molar refractivity (Wildman–Crippen MR) is 59.0 cm³/mol. The zero-order valence-corrected chi connectivity index (χ0v) is 11.8. The standard InChI is InChI=1S/C13H18NO.HI/c1-14-9-5-8-12(14)10-13(15-14)11-6-3-2-4-7-11;/h2-4,6-7,12-13H,5,8-10H2,1H3;1H/q+1;/p-1. The third-order valence-electron chi connectivity index (χ3n) is 3.94. The lowest BCUT2D eigenvalue weighted by Crippen LogP contribution is -3.00. The van der Waals surface area contributed by atoms with Crippen molar-refractivity contribution in [2.75, 3.05) is 13.6 Å². The van der Waals surface area contributed by atoms with Gasteiger partial charge in [-0.15, -0.1) is 0 Å². The van der Waals surface area contributed by atoms with Crippen molar-refractivity contribution in [1.82, 2.24) is 0 Å². The van der Waals surface area contributed by atoms with Crippen LogP contribution in [-0.2, 0) is 4.84 Å². The second kappa shape index (κ2) is 4.63. The van der Waals surface area contributed by atoms with E-state index in [4.69, 9.17) is 4.84 Å². The van der Waals surface area contributed by atoms with Crippen LogP contribution in [0.2, 0.25) is 0 Å². The van der Waals surface area contributed by atoms with E-state index in [-0.39, 0.29) is 24.0 Å². The van der Waals surface area contributed by atoms with Crippen LogP contribution in [0.4, 0.5) is 0 Å². The molecule has 0 bridgehead atoms. The van der Waals surface area contributed by atoms with E-state index in [9.17, 15) is 0 Å². The highest BCUT2D eigenvalue weighted by Crippen LogP contribution is 2.43. The Hall–Kier alpha value is -0.130. The first-order valence-corrected chi connectivity index (χ1v) is 5.86. The van der Waals surface area contributed by atoms with Crippen LogP contribution in [0.25, 0.3) is 0 Å². The van der Waals surface area contributed by atoms with E-state index >= 15 is 0 Å². The SMILES string of the molecule is C[N+]12CCCC1CC(c1ccccc1)O2.[I-]. The maximum Gasteiger partial charge on any atom is 0.148 e. The second-order valence-corrected chi connectivity index (χ2v) is 4.93. The van der Waals surface area contributed by atoms with Gasteiger partial charge in [0, 0.05) is 19.3 Å². The molecule has 0 aromatic heterocycles. The summed E-state index contributed by atoms with van der Waals surface area (Å²) in [6.45, 7) is 1.19. The number of hydrogen-bond acceptors (Lipinski definition) is 1. The van der Waals surface area contributed by atoms with Crippen LogP contribution in [0.15, 0.2) is 30.3 Å². The Labute approximate surface area is 114 Å². The molecule has 3 rings (SSSR count). The second-order valence-electron chi connectivity index (χ2n) is 4.93. The molecule has 1 aromatic rings. The number of rotatable bonds is 1. The smallest absolute Gasteiger partial charge is 0.148 e. The molecule has 2 fully saturated rings. The predicted octanol–water partition coefficient (Wildman–Crippen LogP) is -0.324. The molecule has 1 aromatic carbocycles. The number of fused-ring (bicyclic) bond motifs is 1. The lowest BCUT2D eigenvalue weighted by Gasteiger charge is -2.25. The van der Waals surface area contributed by atoms with Crippen molar-refractivity contribution < 1.29 is 33.5 Å². The Kier molecular flexibility index (Phi) is 3.56. The maximum atomic E-state index is 6.20. The summed E-state index contributed by atoms with van der Waals surface area (Å²) in [7, 11) is 2.24. The summed E-state index contributed by atoms with van der Waals surface area (Å²) in [5.41, 5.74) is 1.34. The minimum Gasteiger partial charge on any atom is -1.00 e. The van der Waals surface area contributed by atoms with Crippen LogP contribution in [0.1, 0.15) is 30.9 Å². The fraction of sp³-hybridized carbons (Fsp3) is 0.538. The first-order valence-electron chi connectivity index (χ1n) is 5.86. The molecule has 0 spiro atoms. The molecule has 2 heterocycles. The normalized spacial score (nSPS) is 36.8. The van der Waals surface area contributed by atoms with Gasteiger partial charge in [0.1, 0.15) is 18.7 Å². The molecule has 0 aliphatic carbocycles. The summed E-state index contributed by atoms with van der Waals surface area (Å²) in [6.07, 6.45) is 4.17. The van der Waals surface area contributed by atoms with E-state index in [1.807, 2.05) is 0 Å². The highest BCUT2D eigenvalue weighted by atomic mass is 127. The quantitative estimate of drug-likeness (QED) is 0.506. The minimum absolute atomic E-state index is 0. The van der Waals surface area contributed by atoms with Crippen LogP contribution >= 0.6 is 0 Å². The average molecular weight is 331 g/mol. The number of quaternary nitrogens is 1. The molecule has 3 heteroatoms. The van der Waals surface area contributed by atoms with Crippen LogP contribution in [0.5, 0.6) is 0 Å². The lowest BCUT2D eigenvalue weighted by atomic mass is 10.0. The third-order valence-corrected chi connectivity index (χ3v) is 3.94. The molecule has 0 amide bonds. The largest absolute Gasteiger partial charge is 1.00 e. The van der Waals surface area contributed by atoms with Gasteiger partial charge >= 0.3 is 0 Å². The fourth-order valence-corrected chi connectivity index (χ4v) is 3.02. The number of hydroxylamine groups is 3. The van der Waals surface area contributed by atoms with Gasteiger partial charge in [-0.25, -0.2) is 0 Å². The van der Waals surface area contributed by atoms with Crippen LogP contribution in [0.3, 0.4) is 0 Å². The molecule has 16 heavy (non-hydrogen) atoms. The zero-order chi connectivity index (χ0) is 10.3. The average Bonchev–Trinajstić information content (AvgIpc) is 2.74. The van der Waals surface area contributed by atoms with Gasteiger partial charge in [0.2, 0.25) is 0 Å². The maximum absolute atomic E-state index is 6.20. The number of hydrogen-bond donors (Lipinski definition) is 0. The van der Waals surface area contributed by atoms with Gasteiger partial charge in [-0.2, -0.15) is 9.48 Å². The van der Waals surface area contributed by atoms with Gasteiger partial charge in [-0.1, -0.05) is 30.3 Å². The Morgan fingerprint density at radius 3 is 2.69 bits per heavy atom. The highest BCUT2D eigenvalue weighted by molar-refractivity contribution is 5.18. The van der Waals surface area contributed by atoms with Crippen LogP contribution in [-0.4, -0.2) is 24.3 Å². The highest BCUT2D eigenvalue weighted by Gasteiger charge is 2.49. The van der Waals surface area contributed by atoms with Crippen molar-refractivity contribution >= 4 is 0 Å². The van der Waals surface area contributed by atoms with Crippen molar-refractivity contribution in [3.05, 3.63) is 35.9 Å². The molecule has 0 saturated carbocycles. The van der Waals surface area contributed by atoms with E-state index in [1.54, 1.807) is 0 Å². The van der Waals surface area contributed by atoms with Gasteiger partial charge < -0.3 is 24.0 Å². The van der Waals surface area contributed by atoms with Gasteiger partial charge in [0.25, 0.3) is 0 Å². The monoisotopic (exact) mass is 331 g/mol.